The number of ether oxygens (including phenoxy) is 1. The Morgan fingerprint density at radius 1 is 1.26 bits per heavy atom. The molecule has 2 amide bonds. The Labute approximate surface area is 137 Å². The van der Waals surface area contributed by atoms with Gasteiger partial charge in [0.1, 0.15) is 11.5 Å². The van der Waals surface area contributed by atoms with Crippen molar-refractivity contribution >= 4 is 17.8 Å². The summed E-state index contributed by atoms with van der Waals surface area (Å²) in [6, 6.07) is 0. The first-order valence-electron chi connectivity index (χ1n) is 8.13. The summed E-state index contributed by atoms with van der Waals surface area (Å²) in [5.74, 6) is -1.08. The van der Waals surface area contributed by atoms with Crippen LogP contribution >= 0.6 is 0 Å². The Morgan fingerprint density at radius 2 is 1.83 bits per heavy atom. The van der Waals surface area contributed by atoms with Crippen LogP contribution in [0.25, 0.3) is 0 Å². The van der Waals surface area contributed by atoms with Crippen molar-refractivity contribution < 1.29 is 19.1 Å². The summed E-state index contributed by atoms with van der Waals surface area (Å²) in [5, 5.41) is 1.02. The van der Waals surface area contributed by atoms with Crippen LogP contribution in [0.5, 0.6) is 0 Å². The van der Waals surface area contributed by atoms with Gasteiger partial charge in [-0.1, -0.05) is 20.8 Å². The maximum absolute atomic E-state index is 12.7. The minimum absolute atomic E-state index is 0.00570. The van der Waals surface area contributed by atoms with Crippen LogP contribution in [0.15, 0.2) is 0 Å². The third-order valence-electron chi connectivity index (χ3n) is 5.76. The molecule has 130 valence electrons. The normalized spacial score (nSPS) is 31.9. The lowest BCUT2D eigenvalue weighted by atomic mass is 9.70. The molecule has 2 aliphatic carbocycles. The zero-order valence-electron chi connectivity index (χ0n) is 15.1. The van der Waals surface area contributed by atoms with Gasteiger partial charge in [0, 0.05) is 12.5 Å². The van der Waals surface area contributed by atoms with Crippen molar-refractivity contribution in [3.05, 3.63) is 0 Å². The minimum atomic E-state index is -0.686. The van der Waals surface area contributed by atoms with E-state index in [4.69, 9.17) is 4.74 Å². The molecule has 23 heavy (non-hydrogen) atoms. The van der Waals surface area contributed by atoms with Crippen LogP contribution in [-0.4, -0.2) is 35.4 Å². The van der Waals surface area contributed by atoms with E-state index in [1.54, 1.807) is 20.8 Å². The maximum atomic E-state index is 12.7. The van der Waals surface area contributed by atoms with E-state index in [2.05, 4.69) is 19.3 Å². The van der Waals surface area contributed by atoms with Gasteiger partial charge in [0.05, 0.1) is 0 Å². The average molecular weight is 324 g/mol. The minimum Gasteiger partial charge on any atom is -0.442 e. The molecule has 3 atom stereocenters. The Hall–Kier alpha value is -1.59. The summed E-state index contributed by atoms with van der Waals surface area (Å²) in [6.45, 7) is 11.3. The third-order valence-corrected chi connectivity index (χ3v) is 5.76. The molecule has 1 N–H and O–H groups in total. The van der Waals surface area contributed by atoms with E-state index < -0.39 is 28.9 Å². The Bertz CT molecular complexity index is 549. The van der Waals surface area contributed by atoms with Gasteiger partial charge in [-0.2, -0.15) is 0 Å². The van der Waals surface area contributed by atoms with Crippen LogP contribution in [0.1, 0.15) is 54.4 Å². The quantitative estimate of drug-likeness (QED) is 0.594. The highest BCUT2D eigenvalue weighted by Crippen LogP contribution is 2.65. The second-order valence-corrected chi connectivity index (χ2v) is 8.56. The molecule has 6 nitrogen and oxygen atoms in total. The molecule has 0 aliphatic heterocycles. The van der Waals surface area contributed by atoms with E-state index in [1.807, 2.05) is 6.92 Å². The molecule has 0 aromatic heterocycles. The Morgan fingerprint density at radius 3 is 2.26 bits per heavy atom. The number of fused-ring (bicyclic) bond motifs is 2. The van der Waals surface area contributed by atoms with Gasteiger partial charge < -0.3 is 4.74 Å². The summed E-state index contributed by atoms with van der Waals surface area (Å²) < 4.78 is 5.20. The van der Waals surface area contributed by atoms with Crippen molar-refractivity contribution in [1.29, 1.82) is 0 Å². The van der Waals surface area contributed by atoms with E-state index in [9.17, 15) is 14.4 Å². The van der Waals surface area contributed by atoms with Gasteiger partial charge >= 0.3 is 6.09 Å². The van der Waals surface area contributed by atoms with Crippen molar-refractivity contribution in [3.8, 4) is 0 Å². The highest BCUT2D eigenvalue weighted by molar-refractivity contribution is 6.07. The Balaban J connectivity index is 2.08. The summed E-state index contributed by atoms with van der Waals surface area (Å²) >= 11 is 0. The van der Waals surface area contributed by atoms with Crippen molar-refractivity contribution in [2.24, 2.45) is 22.7 Å². The zero-order chi connectivity index (χ0) is 17.8. The highest BCUT2D eigenvalue weighted by Gasteiger charge is 2.67. The van der Waals surface area contributed by atoms with Crippen molar-refractivity contribution in [1.82, 2.24) is 10.4 Å². The van der Waals surface area contributed by atoms with Crippen LogP contribution < -0.4 is 5.43 Å². The van der Waals surface area contributed by atoms with E-state index >= 15 is 0 Å². The standard InChI is InChI=1S/C17H28N2O4/c1-15(2,3)23-14(22)19(7)18-13(21)11-10-8-9-17(6,12(11)20)16(10,4)5/h10-11H,8-9H2,1-7H3,(H,18,21)/t10-,11?,17+/m0/s1. The van der Waals surface area contributed by atoms with Crippen LogP contribution in [-0.2, 0) is 14.3 Å². The average Bonchev–Trinajstić information content (AvgIpc) is 2.68. The first kappa shape index (κ1) is 17.8. The second kappa shape index (κ2) is 5.21. The third kappa shape index (κ3) is 2.72. The fourth-order valence-electron chi connectivity index (χ4n) is 4.00. The molecule has 0 saturated heterocycles. The number of hydrogen-bond donors (Lipinski definition) is 1. The number of hydrogen-bond acceptors (Lipinski definition) is 4. The Kier molecular flexibility index (Phi) is 4.02. The second-order valence-electron chi connectivity index (χ2n) is 8.56. The molecule has 2 rings (SSSR count). The highest BCUT2D eigenvalue weighted by atomic mass is 16.6. The topological polar surface area (TPSA) is 75.7 Å². The van der Waals surface area contributed by atoms with Crippen LogP contribution in [0.4, 0.5) is 4.79 Å². The van der Waals surface area contributed by atoms with Gasteiger partial charge in [0.25, 0.3) is 0 Å². The van der Waals surface area contributed by atoms with Crippen LogP contribution in [0.3, 0.4) is 0 Å². The SMILES string of the molecule is CN(NC(=O)C1C(=O)[C@@]2(C)CC[C@@H]1C2(C)C)C(=O)OC(C)(C)C. The molecule has 1 unspecified atom stereocenters. The number of nitrogens with one attached hydrogen (secondary N) is 1. The fraction of sp³-hybridized carbons (Fsp3) is 0.824. The monoisotopic (exact) mass is 324 g/mol. The number of ketones is 1. The molecule has 0 radical (unpaired) electrons. The van der Waals surface area contributed by atoms with E-state index in [0.29, 0.717) is 0 Å². The van der Waals surface area contributed by atoms with Gasteiger partial charge in [0.15, 0.2) is 5.78 Å². The molecule has 2 saturated carbocycles. The smallest absolute Gasteiger partial charge is 0.428 e. The summed E-state index contributed by atoms with van der Waals surface area (Å²) in [7, 11) is 1.43. The van der Waals surface area contributed by atoms with E-state index in [-0.39, 0.29) is 17.1 Å². The zero-order valence-corrected chi connectivity index (χ0v) is 15.1. The molecule has 0 aromatic rings. The predicted octanol–water partition coefficient (Wildman–Crippen LogP) is 2.53. The van der Waals surface area contributed by atoms with Gasteiger partial charge in [-0.25, -0.2) is 9.80 Å². The van der Waals surface area contributed by atoms with E-state index in [0.717, 1.165) is 17.9 Å². The lowest BCUT2D eigenvalue weighted by molar-refractivity contribution is -0.141. The number of amides is 2. The molecular weight excluding hydrogens is 296 g/mol. The van der Waals surface area contributed by atoms with Crippen LogP contribution in [0, 0.1) is 22.7 Å². The van der Waals surface area contributed by atoms with Crippen LogP contribution in [0.2, 0.25) is 0 Å². The summed E-state index contributed by atoms with van der Waals surface area (Å²) in [4.78, 5) is 37.2. The predicted molar refractivity (Wildman–Crippen MR) is 85.2 cm³/mol. The van der Waals surface area contributed by atoms with Crippen molar-refractivity contribution in [2.75, 3.05) is 7.05 Å². The number of carbonyl (C=O) groups is 3. The summed E-state index contributed by atoms with van der Waals surface area (Å²) in [5.41, 5.74) is 1.22. The van der Waals surface area contributed by atoms with Gasteiger partial charge in [-0.15, -0.1) is 0 Å². The number of nitrogens with zero attached hydrogens (tertiary/aromatic N) is 1. The molecule has 2 bridgehead atoms. The maximum Gasteiger partial charge on any atom is 0.428 e. The molecule has 0 aromatic carbocycles. The molecule has 2 aliphatic rings. The number of carbonyl (C=O) groups excluding carboxylic acids is 3. The molecule has 2 fully saturated rings. The molecule has 6 heteroatoms. The molecule has 0 heterocycles. The first-order valence-corrected chi connectivity index (χ1v) is 8.13. The van der Waals surface area contributed by atoms with Gasteiger partial charge in [0.2, 0.25) is 5.91 Å². The van der Waals surface area contributed by atoms with Gasteiger partial charge in [-0.05, 0) is 44.9 Å². The van der Waals surface area contributed by atoms with Crippen molar-refractivity contribution in [3.63, 3.8) is 0 Å². The van der Waals surface area contributed by atoms with Crippen molar-refractivity contribution in [2.45, 2.75) is 60.0 Å². The number of rotatable bonds is 1. The fourth-order valence-corrected chi connectivity index (χ4v) is 4.00. The first-order chi connectivity index (χ1) is 10.3. The summed E-state index contributed by atoms with van der Waals surface area (Å²) in [6.07, 6.45) is 1.05. The van der Waals surface area contributed by atoms with Gasteiger partial charge in [-0.3, -0.25) is 15.0 Å². The lowest BCUT2D eigenvalue weighted by Gasteiger charge is -2.32. The molecule has 0 spiro atoms. The lowest BCUT2D eigenvalue weighted by Crippen LogP contribution is -2.50. The van der Waals surface area contributed by atoms with E-state index in [1.165, 1.54) is 7.05 Å². The number of hydrazine groups is 1. The largest absolute Gasteiger partial charge is 0.442 e. The molecular formula is C17H28N2O4. The number of Topliss-reactive ketones (excluding diaryl/α,β-unsaturated/α-hetero) is 1.